The topological polar surface area (TPSA) is 64.4 Å². The summed E-state index contributed by atoms with van der Waals surface area (Å²) in [6, 6.07) is 18.5. The van der Waals surface area contributed by atoms with E-state index in [1.165, 1.54) is 5.56 Å². The van der Waals surface area contributed by atoms with Crippen molar-refractivity contribution in [3.63, 3.8) is 0 Å². The quantitative estimate of drug-likeness (QED) is 0.691. The van der Waals surface area contributed by atoms with Gasteiger partial charge in [0.25, 0.3) is 0 Å². The maximum atomic E-state index is 11.8. The second-order valence-corrected chi connectivity index (χ2v) is 6.75. The predicted molar refractivity (Wildman–Crippen MR) is 99.6 cm³/mol. The van der Waals surface area contributed by atoms with Gasteiger partial charge in [0.05, 0.1) is 12.1 Å². The van der Waals surface area contributed by atoms with Crippen LogP contribution in [0.25, 0.3) is 0 Å². The van der Waals surface area contributed by atoms with E-state index < -0.39 is 5.54 Å². The molecule has 0 radical (unpaired) electrons. The van der Waals surface area contributed by atoms with Gasteiger partial charge in [0, 0.05) is 6.54 Å². The van der Waals surface area contributed by atoms with Gasteiger partial charge >= 0.3 is 0 Å². The summed E-state index contributed by atoms with van der Waals surface area (Å²) in [6.07, 6.45) is 4.38. The van der Waals surface area contributed by atoms with Gasteiger partial charge in [-0.3, -0.25) is 4.79 Å². The number of amides is 1. The molecule has 1 aliphatic rings. The third-order valence-electron chi connectivity index (χ3n) is 4.56. The molecule has 3 N–H and O–H groups in total. The number of rotatable bonds is 9. The van der Waals surface area contributed by atoms with Crippen LogP contribution in [0.1, 0.15) is 30.4 Å². The first kappa shape index (κ1) is 17.5. The maximum Gasteiger partial charge on any atom is 0.240 e. The minimum absolute atomic E-state index is 0.0270. The Kier molecular flexibility index (Phi) is 5.71. The zero-order valence-corrected chi connectivity index (χ0v) is 14.5. The Bertz CT molecular complexity index is 696. The molecule has 0 atom stereocenters. The third kappa shape index (κ3) is 5.33. The van der Waals surface area contributed by atoms with E-state index in [1.807, 2.05) is 24.3 Å². The molecule has 0 aliphatic heterocycles. The monoisotopic (exact) mass is 338 g/mol. The van der Waals surface area contributed by atoms with Crippen molar-refractivity contribution in [2.45, 2.75) is 37.6 Å². The Morgan fingerprint density at radius 3 is 2.56 bits per heavy atom. The number of benzene rings is 2. The van der Waals surface area contributed by atoms with Crippen LogP contribution in [-0.2, 0) is 17.6 Å². The average molecular weight is 338 g/mol. The summed E-state index contributed by atoms with van der Waals surface area (Å²) in [5, 5.41) is 2.92. The molecule has 1 aliphatic carbocycles. The summed E-state index contributed by atoms with van der Waals surface area (Å²) in [7, 11) is 0. The van der Waals surface area contributed by atoms with Crippen LogP contribution in [0.4, 0.5) is 0 Å². The molecule has 0 spiro atoms. The summed E-state index contributed by atoms with van der Waals surface area (Å²) in [5.74, 6) is 0.857. The lowest BCUT2D eigenvalue weighted by Gasteiger charge is -2.11. The van der Waals surface area contributed by atoms with Gasteiger partial charge in [-0.05, 0) is 55.4 Å². The molecule has 2 aromatic carbocycles. The fraction of sp³-hybridized carbons (Fsp3) is 0.381. The number of aryl methyl sites for hydroxylation is 1. The molecule has 1 amide bonds. The van der Waals surface area contributed by atoms with Gasteiger partial charge in [-0.25, -0.2) is 0 Å². The van der Waals surface area contributed by atoms with Crippen LogP contribution in [0, 0.1) is 0 Å². The van der Waals surface area contributed by atoms with Crippen molar-refractivity contribution in [2.24, 2.45) is 5.73 Å². The highest BCUT2D eigenvalue weighted by Gasteiger charge is 2.45. The number of hydrogen-bond donors (Lipinski definition) is 2. The van der Waals surface area contributed by atoms with E-state index in [-0.39, 0.29) is 5.91 Å². The van der Waals surface area contributed by atoms with Crippen molar-refractivity contribution >= 4 is 5.91 Å². The number of nitrogens with two attached hydrogens (primary N) is 1. The minimum Gasteiger partial charge on any atom is -0.494 e. The molecule has 1 fully saturated rings. The first-order valence-electron chi connectivity index (χ1n) is 8.99. The third-order valence-corrected chi connectivity index (χ3v) is 4.56. The summed E-state index contributed by atoms with van der Waals surface area (Å²) < 4.78 is 5.85. The molecule has 132 valence electrons. The molecule has 3 rings (SSSR count). The molecule has 2 aromatic rings. The Morgan fingerprint density at radius 2 is 1.80 bits per heavy atom. The predicted octanol–water partition coefficient (Wildman–Crippen LogP) is 2.85. The normalized spacial score (nSPS) is 14.8. The van der Waals surface area contributed by atoms with Crippen molar-refractivity contribution in [1.82, 2.24) is 5.32 Å². The van der Waals surface area contributed by atoms with Crippen molar-refractivity contribution in [2.75, 3.05) is 13.2 Å². The number of hydrogen-bond acceptors (Lipinski definition) is 3. The molecule has 4 heteroatoms. The summed E-state index contributed by atoms with van der Waals surface area (Å²) in [5.41, 5.74) is 7.77. The lowest BCUT2D eigenvalue weighted by atomic mass is 10.1. The standard InChI is InChI=1S/C21H26N2O2/c22-21(12-13-21)20(24)23-14-11-18-8-4-10-19(16-18)25-15-5-9-17-6-2-1-3-7-17/h1-4,6-8,10,16H,5,9,11-15,22H2,(H,23,24). The number of carbonyl (C=O) groups is 1. The zero-order valence-electron chi connectivity index (χ0n) is 14.5. The van der Waals surface area contributed by atoms with Gasteiger partial charge in [0.2, 0.25) is 5.91 Å². The zero-order chi connectivity index (χ0) is 17.5. The number of carbonyl (C=O) groups excluding carboxylic acids is 1. The fourth-order valence-corrected chi connectivity index (χ4v) is 2.76. The Balaban J connectivity index is 1.38. The van der Waals surface area contributed by atoms with E-state index >= 15 is 0 Å². The van der Waals surface area contributed by atoms with Crippen LogP contribution in [0.3, 0.4) is 0 Å². The summed E-state index contributed by atoms with van der Waals surface area (Å²) in [6.45, 7) is 1.31. The first-order chi connectivity index (χ1) is 12.2. The molecule has 0 bridgehead atoms. The van der Waals surface area contributed by atoms with Gasteiger partial charge in [0.1, 0.15) is 5.75 Å². The summed E-state index contributed by atoms with van der Waals surface area (Å²) in [4.78, 5) is 11.8. The van der Waals surface area contributed by atoms with E-state index in [2.05, 4.69) is 35.6 Å². The Hall–Kier alpha value is -2.33. The molecular formula is C21H26N2O2. The van der Waals surface area contributed by atoms with Crippen molar-refractivity contribution in [3.05, 3.63) is 65.7 Å². The van der Waals surface area contributed by atoms with Crippen LogP contribution < -0.4 is 15.8 Å². The molecule has 0 heterocycles. The van der Waals surface area contributed by atoms with E-state index in [0.29, 0.717) is 13.2 Å². The van der Waals surface area contributed by atoms with E-state index in [4.69, 9.17) is 10.5 Å². The van der Waals surface area contributed by atoms with Gasteiger partial charge in [-0.2, -0.15) is 0 Å². The van der Waals surface area contributed by atoms with Gasteiger partial charge < -0.3 is 15.8 Å². The maximum absolute atomic E-state index is 11.8. The van der Waals surface area contributed by atoms with E-state index in [9.17, 15) is 4.79 Å². The molecule has 0 saturated heterocycles. The largest absolute Gasteiger partial charge is 0.494 e. The van der Waals surface area contributed by atoms with Crippen LogP contribution >= 0.6 is 0 Å². The number of ether oxygens (including phenoxy) is 1. The Labute approximate surface area is 149 Å². The van der Waals surface area contributed by atoms with Crippen molar-refractivity contribution in [3.8, 4) is 5.75 Å². The Morgan fingerprint density at radius 1 is 1.04 bits per heavy atom. The second kappa shape index (κ2) is 8.17. The highest BCUT2D eigenvalue weighted by atomic mass is 16.5. The lowest BCUT2D eigenvalue weighted by molar-refractivity contribution is -0.123. The van der Waals surface area contributed by atoms with Crippen molar-refractivity contribution in [1.29, 1.82) is 0 Å². The van der Waals surface area contributed by atoms with E-state index in [0.717, 1.165) is 43.4 Å². The van der Waals surface area contributed by atoms with Crippen LogP contribution in [0.15, 0.2) is 54.6 Å². The molecule has 1 saturated carbocycles. The fourth-order valence-electron chi connectivity index (χ4n) is 2.76. The SMILES string of the molecule is NC1(C(=O)NCCc2cccc(OCCCc3ccccc3)c2)CC1. The smallest absolute Gasteiger partial charge is 0.240 e. The van der Waals surface area contributed by atoms with E-state index in [1.54, 1.807) is 0 Å². The first-order valence-corrected chi connectivity index (χ1v) is 8.99. The van der Waals surface area contributed by atoms with Crippen LogP contribution in [-0.4, -0.2) is 24.6 Å². The molecular weight excluding hydrogens is 312 g/mol. The minimum atomic E-state index is -0.594. The lowest BCUT2D eigenvalue weighted by Crippen LogP contribution is -2.43. The van der Waals surface area contributed by atoms with Gasteiger partial charge in [-0.1, -0.05) is 42.5 Å². The number of nitrogens with one attached hydrogen (secondary N) is 1. The van der Waals surface area contributed by atoms with Gasteiger partial charge in [-0.15, -0.1) is 0 Å². The molecule has 0 aromatic heterocycles. The van der Waals surface area contributed by atoms with Crippen LogP contribution in [0.2, 0.25) is 0 Å². The van der Waals surface area contributed by atoms with Crippen molar-refractivity contribution < 1.29 is 9.53 Å². The molecule has 4 nitrogen and oxygen atoms in total. The van der Waals surface area contributed by atoms with Crippen LogP contribution in [0.5, 0.6) is 5.75 Å². The van der Waals surface area contributed by atoms with Gasteiger partial charge in [0.15, 0.2) is 0 Å². The highest BCUT2D eigenvalue weighted by Crippen LogP contribution is 2.32. The molecule has 0 unspecified atom stereocenters. The highest BCUT2D eigenvalue weighted by molar-refractivity contribution is 5.88. The molecule has 25 heavy (non-hydrogen) atoms. The second-order valence-electron chi connectivity index (χ2n) is 6.75. The summed E-state index contributed by atoms with van der Waals surface area (Å²) >= 11 is 0. The average Bonchev–Trinajstić information content (AvgIpc) is 3.39.